The van der Waals surface area contributed by atoms with E-state index in [0.717, 1.165) is 12.8 Å². The quantitative estimate of drug-likeness (QED) is 0.398. The van der Waals surface area contributed by atoms with Crippen LogP contribution in [0, 0.1) is 23.0 Å². The predicted molar refractivity (Wildman–Crippen MR) is 105 cm³/mol. The van der Waals surface area contributed by atoms with Gasteiger partial charge in [0, 0.05) is 0 Å². The molecule has 0 spiro atoms. The van der Waals surface area contributed by atoms with Crippen LogP contribution in [-0.2, 0) is 26.2 Å². The third-order valence-electron chi connectivity index (χ3n) is 5.47. The molecule has 0 aromatic rings. The third-order valence-corrected chi connectivity index (χ3v) is 9.33. The fourth-order valence-electron chi connectivity index (χ4n) is 4.35. The van der Waals surface area contributed by atoms with Crippen molar-refractivity contribution in [1.29, 1.82) is 0 Å². The van der Waals surface area contributed by atoms with Gasteiger partial charge in [0.05, 0.1) is 0 Å². The molecular formula is C22H34Cl2SiZr. The average Bonchev–Trinajstić information content (AvgIpc) is 2.91. The minimum absolute atomic E-state index is 0. The predicted octanol–water partition coefficient (Wildman–Crippen LogP) is 0.770. The summed E-state index contributed by atoms with van der Waals surface area (Å²) in [5.41, 5.74) is 6.51. The summed E-state index contributed by atoms with van der Waals surface area (Å²) in [5, 5.41) is 3.31. The molecule has 0 unspecified atom stereocenters. The van der Waals surface area contributed by atoms with Crippen molar-refractivity contribution in [3.63, 3.8) is 0 Å². The molecule has 2 rings (SSSR count). The minimum Gasteiger partial charge on any atom is -1.00 e. The van der Waals surface area contributed by atoms with Crippen molar-refractivity contribution in [2.75, 3.05) is 0 Å². The Morgan fingerprint density at radius 3 is 1.19 bits per heavy atom. The number of hydrogen-bond donors (Lipinski definition) is 0. The van der Waals surface area contributed by atoms with E-state index in [0.29, 0.717) is 0 Å². The molecule has 0 nitrogen and oxygen atoms in total. The van der Waals surface area contributed by atoms with Gasteiger partial charge in [-0.2, -0.15) is 11.1 Å². The van der Waals surface area contributed by atoms with Crippen LogP contribution in [0.1, 0.15) is 68.2 Å². The van der Waals surface area contributed by atoms with E-state index in [1.54, 1.807) is 21.5 Å². The first kappa shape index (κ1) is 28.8. The molecule has 0 bridgehead atoms. The molecule has 0 aliphatic heterocycles. The Morgan fingerprint density at radius 2 is 0.962 bits per heavy atom. The maximum Gasteiger partial charge on any atom is 4.00 e. The molecule has 0 heterocycles. The zero-order chi connectivity index (χ0) is 17.8. The Bertz CT molecular complexity index is 595. The van der Waals surface area contributed by atoms with E-state index in [4.69, 9.17) is 0 Å². The number of halogens is 2. The van der Waals surface area contributed by atoms with Gasteiger partial charge in [-0.15, -0.1) is 12.8 Å². The van der Waals surface area contributed by atoms with Crippen LogP contribution in [0.3, 0.4) is 0 Å². The summed E-state index contributed by atoms with van der Waals surface area (Å²) < 4.78 is 0. The molecule has 2 aliphatic carbocycles. The minimum atomic E-state index is -1.75. The molecule has 0 amide bonds. The fraction of sp³-hybridized carbons (Fsp3) is 0.636. The molecular weight excluding hydrogens is 454 g/mol. The molecule has 4 heteroatoms. The molecule has 0 aromatic heterocycles. The van der Waals surface area contributed by atoms with Crippen molar-refractivity contribution in [2.45, 2.75) is 81.3 Å². The molecule has 0 N–H and O–H groups in total. The van der Waals surface area contributed by atoms with Crippen LogP contribution in [0.2, 0.25) is 13.1 Å². The van der Waals surface area contributed by atoms with Gasteiger partial charge in [-0.05, 0) is 10.8 Å². The molecule has 144 valence electrons. The summed E-state index contributed by atoms with van der Waals surface area (Å²) >= 11 is 0. The van der Waals surface area contributed by atoms with Crippen LogP contribution >= 0.6 is 0 Å². The van der Waals surface area contributed by atoms with Gasteiger partial charge in [0.15, 0.2) is 0 Å². The van der Waals surface area contributed by atoms with Crippen molar-refractivity contribution in [1.82, 2.24) is 0 Å². The van der Waals surface area contributed by atoms with E-state index in [2.05, 4.69) is 80.6 Å². The second-order valence-corrected chi connectivity index (χ2v) is 14.0. The first-order valence-electron chi connectivity index (χ1n) is 8.91. The Morgan fingerprint density at radius 1 is 0.692 bits per heavy atom. The van der Waals surface area contributed by atoms with Gasteiger partial charge in [-0.3, -0.25) is 12.2 Å². The van der Waals surface area contributed by atoms with E-state index in [-0.39, 0.29) is 61.8 Å². The Labute approximate surface area is 195 Å². The van der Waals surface area contributed by atoms with Gasteiger partial charge in [0.2, 0.25) is 0 Å². The van der Waals surface area contributed by atoms with Gasteiger partial charge in [-0.1, -0.05) is 76.6 Å². The molecule has 0 saturated heterocycles. The van der Waals surface area contributed by atoms with Crippen molar-refractivity contribution >= 4 is 8.07 Å². The first-order chi connectivity index (χ1) is 10.3. The van der Waals surface area contributed by atoms with Crippen molar-refractivity contribution in [3.05, 3.63) is 44.8 Å². The molecule has 0 saturated carbocycles. The summed E-state index contributed by atoms with van der Waals surface area (Å²) in [5.74, 6) is 0. The maximum absolute atomic E-state index is 3.65. The van der Waals surface area contributed by atoms with Gasteiger partial charge in [0.1, 0.15) is 0 Å². The largest absolute Gasteiger partial charge is 4.00 e. The van der Waals surface area contributed by atoms with Crippen LogP contribution < -0.4 is 24.8 Å². The van der Waals surface area contributed by atoms with Crippen LogP contribution in [0.4, 0.5) is 0 Å². The van der Waals surface area contributed by atoms with Gasteiger partial charge in [0.25, 0.3) is 0 Å². The van der Waals surface area contributed by atoms with E-state index in [1.165, 1.54) is 11.1 Å². The van der Waals surface area contributed by atoms with Crippen LogP contribution in [-0.4, -0.2) is 8.07 Å². The smallest absolute Gasteiger partial charge is 1.00 e. The Balaban J connectivity index is 0. The van der Waals surface area contributed by atoms with E-state index in [9.17, 15) is 0 Å². The van der Waals surface area contributed by atoms with Gasteiger partial charge < -0.3 is 24.8 Å². The zero-order valence-electron chi connectivity index (χ0n) is 18.2. The van der Waals surface area contributed by atoms with Crippen molar-refractivity contribution in [3.8, 4) is 0 Å². The number of rotatable bonds is 2. The summed E-state index contributed by atoms with van der Waals surface area (Å²) in [6.45, 7) is 23.8. The van der Waals surface area contributed by atoms with Crippen molar-refractivity contribution in [2.24, 2.45) is 10.8 Å². The van der Waals surface area contributed by atoms with Gasteiger partial charge >= 0.3 is 26.2 Å². The number of hydrogen-bond acceptors (Lipinski definition) is 0. The summed E-state index contributed by atoms with van der Waals surface area (Å²) in [7, 11) is -1.75. The summed E-state index contributed by atoms with van der Waals surface area (Å²) in [4.78, 5) is 0. The third kappa shape index (κ3) is 5.37. The molecule has 26 heavy (non-hydrogen) atoms. The first-order valence-corrected chi connectivity index (χ1v) is 11.9. The second kappa shape index (κ2) is 9.43. The maximum atomic E-state index is 3.65. The molecule has 0 fully saturated rings. The molecule has 0 aromatic carbocycles. The summed E-state index contributed by atoms with van der Waals surface area (Å²) in [6.07, 6.45) is 9.34. The SMILES string of the molecule is CC1=[C-]CC(C(C)(C)C)=C1[Si](C)(C)C1=C(C(C)(C)C)C[C-]=C1C.[Cl-].[Cl-].[Zr+4]. The van der Waals surface area contributed by atoms with E-state index < -0.39 is 8.07 Å². The van der Waals surface area contributed by atoms with Crippen LogP contribution in [0.15, 0.2) is 32.7 Å². The monoisotopic (exact) mass is 486 g/mol. The van der Waals surface area contributed by atoms with Crippen molar-refractivity contribution < 1.29 is 51.0 Å². The standard InChI is InChI=1S/C22H34Si.2ClH.Zr/c1-15-11-13-17(21(3,4)5)19(15)23(9,10)20-16(2)12-14-18(20)22(6,7)8;;;/h13-14H2,1-10H3;2*1H;/q-2;;;+4/p-2. The summed E-state index contributed by atoms with van der Waals surface area (Å²) in [6, 6.07) is 0. The Hall–Kier alpha value is 0.640. The fourth-order valence-corrected chi connectivity index (χ4v) is 9.08. The zero-order valence-corrected chi connectivity index (χ0v) is 23.1. The molecule has 2 aliphatic rings. The Kier molecular flexibility index (Phi) is 10.5. The number of allylic oxidation sites excluding steroid dienone is 8. The van der Waals surface area contributed by atoms with Gasteiger partial charge in [-0.25, -0.2) is 21.5 Å². The molecule has 0 atom stereocenters. The van der Waals surface area contributed by atoms with E-state index in [1.807, 2.05) is 0 Å². The average molecular weight is 489 g/mol. The normalized spacial score (nSPS) is 18.1. The van der Waals surface area contributed by atoms with Crippen LogP contribution in [0.25, 0.3) is 0 Å². The second-order valence-electron chi connectivity index (χ2n) is 9.79. The molecule has 0 radical (unpaired) electrons. The topological polar surface area (TPSA) is 0 Å². The van der Waals surface area contributed by atoms with E-state index >= 15 is 0 Å². The van der Waals surface area contributed by atoms with Crippen LogP contribution in [0.5, 0.6) is 0 Å².